The Kier molecular flexibility index (Phi) is 18.9. The highest BCUT2D eigenvalue weighted by atomic mass is 31.2. The maximum absolute atomic E-state index is 15.0. The average molecular weight is 918 g/mol. The van der Waals surface area contributed by atoms with E-state index in [4.69, 9.17) is 9.47 Å². The molecule has 0 saturated carbocycles. The third-order valence-electron chi connectivity index (χ3n) is 11.4. The van der Waals surface area contributed by atoms with Crippen molar-refractivity contribution in [2.75, 3.05) is 77.7 Å². The van der Waals surface area contributed by atoms with E-state index in [-0.39, 0.29) is 13.2 Å². The van der Waals surface area contributed by atoms with E-state index in [1.165, 1.54) is 25.7 Å². The Bertz CT molecular complexity index is 2280. The van der Waals surface area contributed by atoms with Gasteiger partial charge < -0.3 is 33.1 Å². The molecule has 5 aromatic rings. The maximum atomic E-state index is 15.0. The van der Waals surface area contributed by atoms with Crippen molar-refractivity contribution in [2.45, 2.75) is 47.5 Å². The van der Waals surface area contributed by atoms with E-state index in [1.54, 1.807) is 20.8 Å². The summed E-state index contributed by atoms with van der Waals surface area (Å²) >= 11 is 0. The lowest BCUT2D eigenvalue weighted by molar-refractivity contribution is -0.143. The van der Waals surface area contributed by atoms with Gasteiger partial charge in [0.15, 0.2) is 0 Å². The number of carbonyl (C=O) groups excluding carboxylic acids is 2. The largest absolute Gasteiger partial charge is 0.465 e. The molecule has 0 amide bonds. The summed E-state index contributed by atoms with van der Waals surface area (Å²) in [7, 11) is -6.63. The summed E-state index contributed by atoms with van der Waals surface area (Å²) in [4.78, 5) is 27.5. The second-order valence-corrected chi connectivity index (χ2v) is 20.6. The fourth-order valence-corrected chi connectivity index (χ4v) is 14.0. The zero-order valence-corrected chi connectivity index (χ0v) is 40.5. The molecule has 2 fully saturated rings. The predicted molar refractivity (Wildman–Crippen MR) is 269 cm³/mol. The molecule has 0 aromatic heterocycles. The van der Waals surface area contributed by atoms with Gasteiger partial charge in [-0.15, -0.1) is 0 Å². The zero-order valence-electron chi connectivity index (χ0n) is 38.7. The summed E-state index contributed by atoms with van der Waals surface area (Å²) in [5.41, 5.74) is 4.16. The van der Waals surface area contributed by atoms with Crippen LogP contribution in [0.15, 0.2) is 175 Å². The quantitative estimate of drug-likeness (QED) is 0.0570. The second-order valence-electron chi connectivity index (χ2n) is 15.2. The highest BCUT2D eigenvalue weighted by Gasteiger charge is 2.50. The standard InChI is InChI=1S/C26H27N2O3P.C20H23N2O3P.C6H15N/c1-3-31-26(29)25(22-13-7-4-8-14-22)21(2)32(30)27(23-15-9-5-10-16-23)19-20-28(32)24-17-11-6-12-18-24;1-3-25-20(23)16-17(2)26(24)21(18-10-6-4-7-11-18)14-15-22(26)19-12-8-5-9-13-19;1-4-7(5-2)6-3/h4-18,25H,2-3,19-20H2,1H3;4-13,16H,3,14-15H2,1-2H3;4-6H2,1-3H3/b;17-16+;. The first-order chi connectivity index (χ1) is 31.5. The SMILES string of the molecule is C=C(C(C(=O)OCC)c1ccccc1)P1(=O)N(c2ccccc2)CCN1c1ccccc1.CCN(CC)CC.CCOC(=O)/C=C(\C)P1(=O)N(c2ccccc2)CCN1c1ccccc1. The number of rotatable bonds is 15. The van der Waals surface area contributed by atoms with Gasteiger partial charge in [-0.25, -0.2) is 4.79 Å². The van der Waals surface area contributed by atoms with Gasteiger partial charge in [0.05, 0.1) is 13.2 Å². The second kappa shape index (κ2) is 24.4. The molecule has 11 nitrogen and oxygen atoms in total. The molecule has 1 atom stereocenters. The minimum atomic E-state index is -3.45. The highest BCUT2D eigenvalue weighted by Crippen LogP contribution is 2.68. The van der Waals surface area contributed by atoms with Crippen LogP contribution in [-0.2, 0) is 28.2 Å². The molecule has 5 aromatic carbocycles. The number of para-hydroxylation sites is 4. The van der Waals surface area contributed by atoms with Crippen molar-refractivity contribution < 1.29 is 28.2 Å². The summed E-state index contributed by atoms with van der Waals surface area (Å²) in [6.45, 7) is 22.6. The van der Waals surface area contributed by atoms with Crippen LogP contribution in [0.25, 0.3) is 0 Å². The summed E-state index contributed by atoms with van der Waals surface area (Å²) in [5.74, 6) is -1.74. The monoisotopic (exact) mass is 917 g/mol. The third kappa shape index (κ3) is 11.9. The lowest BCUT2D eigenvalue weighted by Gasteiger charge is -2.36. The van der Waals surface area contributed by atoms with Gasteiger partial charge in [0, 0.05) is 65.6 Å². The minimum absolute atomic E-state index is 0.241. The molecule has 0 N–H and O–H groups in total. The molecule has 2 saturated heterocycles. The fourth-order valence-electron chi connectivity index (χ4n) is 8.03. The Morgan fingerprint density at radius 3 is 1.18 bits per heavy atom. The Balaban J connectivity index is 0.000000216. The molecular formula is C52H65N5O6P2. The van der Waals surface area contributed by atoms with E-state index in [2.05, 4.69) is 32.3 Å². The Morgan fingerprint density at radius 2 is 0.877 bits per heavy atom. The van der Waals surface area contributed by atoms with Crippen LogP contribution in [0.4, 0.5) is 22.7 Å². The van der Waals surface area contributed by atoms with Gasteiger partial charge in [0.25, 0.3) is 14.9 Å². The summed E-state index contributed by atoms with van der Waals surface area (Å²) < 4.78 is 47.4. The lowest BCUT2D eigenvalue weighted by Crippen LogP contribution is -2.26. The number of hydrogen-bond acceptors (Lipinski definition) is 7. The van der Waals surface area contributed by atoms with E-state index in [0.717, 1.165) is 28.3 Å². The average Bonchev–Trinajstić information content (AvgIpc) is 3.89. The summed E-state index contributed by atoms with van der Waals surface area (Å²) in [6, 6.07) is 48.0. The molecule has 65 heavy (non-hydrogen) atoms. The third-order valence-corrected chi connectivity index (χ3v) is 17.7. The van der Waals surface area contributed by atoms with Crippen molar-refractivity contribution in [3.05, 3.63) is 181 Å². The Labute approximate surface area is 386 Å². The molecule has 13 heteroatoms. The first-order valence-corrected chi connectivity index (χ1v) is 25.7. The van der Waals surface area contributed by atoms with E-state index >= 15 is 4.57 Å². The number of ether oxygens (including phenoxy) is 2. The van der Waals surface area contributed by atoms with Gasteiger partial charge in [0.1, 0.15) is 5.92 Å². The topological polar surface area (TPSA) is 103 Å². The lowest BCUT2D eigenvalue weighted by atomic mass is 9.99. The zero-order chi connectivity index (χ0) is 46.8. The molecular weight excluding hydrogens is 853 g/mol. The normalized spacial score (nSPS) is 15.6. The Morgan fingerprint density at radius 1 is 0.554 bits per heavy atom. The van der Waals surface area contributed by atoms with Crippen molar-refractivity contribution in [1.82, 2.24) is 4.90 Å². The van der Waals surface area contributed by atoms with Crippen LogP contribution < -0.4 is 18.7 Å². The first kappa shape index (κ1) is 50.1. The Hall–Kier alpha value is -5.86. The van der Waals surface area contributed by atoms with E-state index in [9.17, 15) is 14.2 Å². The van der Waals surface area contributed by atoms with Crippen LogP contribution in [0.2, 0.25) is 0 Å². The van der Waals surface area contributed by atoms with Gasteiger partial charge in [-0.2, -0.15) is 0 Å². The number of allylic oxidation sites excluding steroid dienone is 1. The van der Waals surface area contributed by atoms with Crippen LogP contribution in [-0.4, -0.2) is 75.9 Å². The van der Waals surface area contributed by atoms with Crippen molar-refractivity contribution in [1.29, 1.82) is 0 Å². The van der Waals surface area contributed by atoms with Gasteiger partial charge >= 0.3 is 11.9 Å². The molecule has 0 bridgehead atoms. The molecule has 344 valence electrons. The summed E-state index contributed by atoms with van der Waals surface area (Å²) in [5, 5.41) is 0.869. The van der Waals surface area contributed by atoms with Crippen LogP contribution in [0, 0.1) is 0 Å². The van der Waals surface area contributed by atoms with Gasteiger partial charge in [-0.3, -0.25) is 13.9 Å². The van der Waals surface area contributed by atoms with Crippen LogP contribution in [0.1, 0.15) is 53.0 Å². The number of anilines is 4. The van der Waals surface area contributed by atoms with Crippen LogP contribution >= 0.6 is 14.9 Å². The molecule has 2 aliphatic heterocycles. The van der Waals surface area contributed by atoms with Crippen LogP contribution in [0.5, 0.6) is 0 Å². The first-order valence-electron chi connectivity index (χ1n) is 22.5. The van der Waals surface area contributed by atoms with Gasteiger partial charge in [-0.1, -0.05) is 130 Å². The fraction of sp³-hybridized carbons (Fsp3) is 0.308. The number of esters is 2. The number of benzene rings is 5. The van der Waals surface area contributed by atoms with Crippen molar-refractivity contribution in [3.8, 4) is 0 Å². The van der Waals surface area contributed by atoms with E-state index in [1.807, 2.05) is 170 Å². The van der Waals surface area contributed by atoms with E-state index in [0.29, 0.717) is 36.8 Å². The van der Waals surface area contributed by atoms with Gasteiger partial charge in [-0.05, 0) is 94.5 Å². The van der Waals surface area contributed by atoms with Gasteiger partial charge in [0.2, 0.25) is 0 Å². The highest BCUT2D eigenvalue weighted by molar-refractivity contribution is 7.72. The molecule has 2 aliphatic rings. The molecule has 0 radical (unpaired) electrons. The number of nitrogens with zero attached hydrogens (tertiary/aromatic N) is 5. The molecule has 0 aliphatic carbocycles. The molecule has 1 unspecified atom stereocenters. The number of hydrogen-bond donors (Lipinski definition) is 0. The maximum Gasteiger partial charge on any atom is 0.331 e. The van der Waals surface area contributed by atoms with E-state index < -0.39 is 32.7 Å². The molecule has 0 spiro atoms. The predicted octanol–water partition coefficient (Wildman–Crippen LogP) is 12.1. The summed E-state index contributed by atoms with van der Waals surface area (Å²) in [6.07, 6.45) is 1.36. The number of carbonyl (C=O) groups is 2. The van der Waals surface area contributed by atoms with Crippen molar-refractivity contribution >= 4 is 49.6 Å². The minimum Gasteiger partial charge on any atom is -0.465 e. The molecule has 2 heterocycles. The van der Waals surface area contributed by atoms with Crippen molar-refractivity contribution in [2.24, 2.45) is 0 Å². The van der Waals surface area contributed by atoms with Crippen molar-refractivity contribution in [3.63, 3.8) is 0 Å². The molecule has 7 rings (SSSR count). The smallest absolute Gasteiger partial charge is 0.331 e. The van der Waals surface area contributed by atoms with Crippen LogP contribution in [0.3, 0.4) is 0 Å².